The SMILES string of the molecule is CC(C)(O/N=C(\C(=O)C[C@@H]1C(=O)N2C(C(=O)O)=C(C[N+]3(CCNC(=O)c4ccc(O)c(O)c4)CCCC3)CS[C@H]12)c1nsc(N)n1)C(=O)O. The number of aliphatic carboxylic acids is 2. The third-order valence-corrected chi connectivity index (χ3v) is 10.7. The van der Waals surface area contributed by atoms with Gasteiger partial charge in [0.15, 0.2) is 28.1 Å². The normalized spacial score (nSPS) is 20.4. The van der Waals surface area contributed by atoms with Gasteiger partial charge in [-0.05, 0) is 32.0 Å². The number of aromatic nitrogens is 2. The van der Waals surface area contributed by atoms with Crippen LogP contribution in [0, 0.1) is 5.92 Å². The van der Waals surface area contributed by atoms with E-state index in [-0.39, 0.29) is 40.9 Å². The Balaban J connectivity index is 1.29. The molecule has 17 nitrogen and oxygen atoms in total. The summed E-state index contributed by atoms with van der Waals surface area (Å²) in [5, 5.41) is 44.9. The summed E-state index contributed by atoms with van der Waals surface area (Å²) in [4.78, 5) is 74.0. The van der Waals surface area contributed by atoms with E-state index in [0.29, 0.717) is 28.9 Å². The first-order valence-electron chi connectivity index (χ1n) is 15.3. The van der Waals surface area contributed by atoms with Crippen molar-refractivity contribution in [3.63, 3.8) is 0 Å². The molecule has 0 saturated carbocycles. The second-order valence-corrected chi connectivity index (χ2v) is 14.4. The molecular weight excluding hydrogens is 683 g/mol. The zero-order chi connectivity index (χ0) is 35.7. The molecule has 0 aliphatic carbocycles. The molecule has 2 aromatic rings. The fraction of sp³-hybridized carbons (Fsp3) is 0.467. The number of nitrogen functional groups attached to an aromatic ring is 1. The number of oxime groups is 1. The van der Waals surface area contributed by atoms with Crippen LogP contribution in [0.3, 0.4) is 0 Å². The summed E-state index contributed by atoms with van der Waals surface area (Å²) in [6.45, 7) is 5.12. The lowest BCUT2D eigenvalue weighted by atomic mass is 9.89. The Hall–Kier alpha value is -4.75. The predicted molar refractivity (Wildman–Crippen MR) is 176 cm³/mol. The fourth-order valence-electron chi connectivity index (χ4n) is 6.03. The van der Waals surface area contributed by atoms with Gasteiger partial charge in [0.2, 0.25) is 17.3 Å². The number of hydrogen-bond acceptors (Lipinski definition) is 14. The quantitative estimate of drug-likeness (QED) is 0.0524. The number of aromatic hydroxyl groups is 2. The Morgan fingerprint density at radius 3 is 2.49 bits per heavy atom. The van der Waals surface area contributed by atoms with Gasteiger partial charge in [-0.25, -0.2) is 9.59 Å². The zero-order valence-electron chi connectivity index (χ0n) is 26.6. The first kappa shape index (κ1) is 35.6. The smallest absolute Gasteiger partial charge is 0.352 e. The number of Topliss-reactive ketones (excluding diaryl/α,β-unsaturated/α-hetero) is 1. The Bertz CT molecular complexity index is 1750. The summed E-state index contributed by atoms with van der Waals surface area (Å²) in [6, 6.07) is 3.79. The number of carbonyl (C=O) groups excluding carboxylic acids is 3. The van der Waals surface area contributed by atoms with Crippen molar-refractivity contribution in [2.45, 2.75) is 44.1 Å². The van der Waals surface area contributed by atoms with Gasteiger partial charge in [0.25, 0.3) is 5.91 Å². The number of carboxylic acid groups (broad SMARTS) is 2. The van der Waals surface area contributed by atoms with Gasteiger partial charge < -0.3 is 40.8 Å². The molecule has 2 saturated heterocycles. The van der Waals surface area contributed by atoms with E-state index in [1.165, 1.54) is 48.7 Å². The summed E-state index contributed by atoms with van der Waals surface area (Å²) in [6.07, 6.45) is 1.45. The molecule has 1 aromatic heterocycles. The number of carboxylic acids is 2. The molecule has 3 aliphatic rings. The lowest BCUT2D eigenvalue weighted by Crippen LogP contribution is -2.63. The predicted octanol–water partition coefficient (Wildman–Crippen LogP) is 0.985. The molecule has 4 heterocycles. The number of amides is 2. The number of quaternary nitrogens is 1. The number of anilines is 1. The number of nitrogens with two attached hydrogens (primary N) is 1. The number of nitrogens with zero attached hydrogens (tertiary/aromatic N) is 5. The maximum absolute atomic E-state index is 13.5. The highest BCUT2D eigenvalue weighted by Gasteiger charge is 2.55. The number of β-lactam (4-membered cyclic amide) rings is 1. The van der Waals surface area contributed by atoms with Crippen molar-refractivity contribution >= 4 is 63.7 Å². The van der Waals surface area contributed by atoms with Gasteiger partial charge in [-0.1, -0.05) is 5.16 Å². The van der Waals surface area contributed by atoms with Crippen molar-refractivity contribution < 1.29 is 53.7 Å². The summed E-state index contributed by atoms with van der Waals surface area (Å²) in [5.74, 6) is -5.77. The average Bonchev–Trinajstić information content (AvgIpc) is 3.69. The minimum Gasteiger partial charge on any atom is -0.504 e. The van der Waals surface area contributed by atoms with Crippen molar-refractivity contribution in [1.82, 2.24) is 19.6 Å². The molecule has 0 spiro atoms. The molecule has 49 heavy (non-hydrogen) atoms. The Morgan fingerprint density at radius 2 is 1.88 bits per heavy atom. The van der Waals surface area contributed by atoms with Crippen LogP contribution in [0.4, 0.5) is 5.13 Å². The number of carbonyl (C=O) groups is 5. The van der Waals surface area contributed by atoms with Gasteiger partial charge in [-0.3, -0.25) is 19.3 Å². The fourth-order valence-corrected chi connectivity index (χ4v) is 7.87. The molecule has 3 aliphatic heterocycles. The number of phenols is 2. The number of benzene rings is 1. The first-order valence-corrected chi connectivity index (χ1v) is 17.1. The van der Waals surface area contributed by atoms with Gasteiger partial charge in [0.05, 0.1) is 37.5 Å². The molecule has 0 radical (unpaired) electrons. The topological polar surface area (TPSA) is 255 Å². The van der Waals surface area contributed by atoms with Crippen LogP contribution >= 0.6 is 23.3 Å². The number of rotatable bonds is 14. The second-order valence-electron chi connectivity index (χ2n) is 12.5. The largest absolute Gasteiger partial charge is 0.504 e. The monoisotopic (exact) mass is 718 g/mol. The van der Waals surface area contributed by atoms with Crippen molar-refractivity contribution in [2.24, 2.45) is 11.1 Å². The van der Waals surface area contributed by atoms with E-state index in [1.54, 1.807) is 0 Å². The van der Waals surface area contributed by atoms with E-state index in [2.05, 4.69) is 19.8 Å². The zero-order valence-corrected chi connectivity index (χ0v) is 28.3. The van der Waals surface area contributed by atoms with Gasteiger partial charge >= 0.3 is 11.9 Å². The molecule has 1 aromatic carbocycles. The van der Waals surface area contributed by atoms with Crippen LogP contribution in [0.5, 0.6) is 11.5 Å². The molecule has 7 N–H and O–H groups in total. The van der Waals surface area contributed by atoms with Crippen LogP contribution in [0.15, 0.2) is 34.6 Å². The lowest BCUT2D eigenvalue weighted by Gasteiger charge is -2.50. The highest BCUT2D eigenvalue weighted by atomic mass is 32.2. The van der Waals surface area contributed by atoms with E-state index in [0.717, 1.165) is 37.5 Å². The standard InChI is InChI=1S/C30H35N7O10S2/c1-30(2,28(45)46)47-34-21(23-33-29(31)49-35-23)20(40)12-17-25(42)36-22(27(43)44)16(14-48-26(17)36)13-37(8-3-4-9-37)10-7-32-24(41)15-5-6-18(38)19(39)11-15/h5-6,11,17,26H,3-4,7-10,12-14H2,1-2H3,(H6-,31,32,33,34,35,38,39,40,41,43,44,45,46)/p+1/t17-,26-/m1/s1. The van der Waals surface area contributed by atoms with Gasteiger partial charge in [0, 0.05) is 47.7 Å². The number of phenolic OH excluding ortho intramolecular Hbond substituents is 2. The number of fused-ring (bicyclic) bond motifs is 1. The average molecular weight is 719 g/mol. The number of hydrogen-bond donors (Lipinski definition) is 6. The number of ketones is 1. The van der Waals surface area contributed by atoms with Gasteiger partial charge in [-0.15, -0.1) is 11.8 Å². The van der Waals surface area contributed by atoms with E-state index in [1.807, 2.05) is 0 Å². The van der Waals surface area contributed by atoms with E-state index in [9.17, 15) is 44.4 Å². The molecule has 2 atom stereocenters. The highest BCUT2D eigenvalue weighted by molar-refractivity contribution is 8.00. The summed E-state index contributed by atoms with van der Waals surface area (Å²) >= 11 is 2.14. The minimum atomic E-state index is -1.79. The summed E-state index contributed by atoms with van der Waals surface area (Å²) in [7, 11) is 0. The summed E-state index contributed by atoms with van der Waals surface area (Å²) < 4.78 is 4.50. The third kappa shape index (κ3) is 7.47. The van der Waals surface area contributed by atoms with E-state index >= 15 is 0 Å². The molecule has 5 rings (SSSR count). The lowest BCUT2D eigenvalue weighted by molar-refractivity contribution is -0.911. The van der Waals surface area contributed by atoms with Crippen molar-refractivity contribution in [2.75, 3.05) is 44.2 Å². The third-order valence-electron chi connectivity index (χ3n) is 8.71. The van der Waals surface area contributed by atoms with Crippen molar-refractivity contribution in [1.29, 1.82) is 0 Å². The molecule has 0 bridgehead atoms. The van der Waals surface area contributed by atoms with Crippen molar-refractivity contribution in [3.8, 4) is 11.5 Å². The van der Waals surface area contributed by atoms with Crippen LogP contribution in [-0.4, -0.2) is 124 Å². The second kappa shape index (κ2) is 14.0. The van der Waals surface area contributed by atoms with Gasteiger partial charge in [-0.2, -0.15) is 9.36 Å². The molecule has 19 heteroatoms. The Kier molecular flexibility index (Phi) is 10.2. The van der Waals surface area contributed by atoms with Gasteiger partial charge in [0.1, 0.15) is 12.2 Å². The van der Waals surface area contributed by atoms with Crippen LogP contribution in [0.1, 0.15) is 49.3 Å². The molecule has 0 unspecified atom stereocenters. The highest BCUT2D eigenvalue weighted by Crippen LogP contribution is 2.46. The minimum absolute atomic E-state index is 0.0314. The maximum atomic E-state index is 13.5. The number of nitrogens with one attached hydrogen (secondary N) is 1. The molecule has 262 valence electrons. The van der Waals surface area contributed by atoms with Crippen LogP contribution in [-0.2, 0) is 24.0 Å². The maximum Gasteiger partial charge on any atom is 0.352 e. The Morgan fingerprint density at radius 1 is 1.16 bits per heavy atom. The number of thioether (sulfide) groups is 1. The van der Waals surface area contributed by atoms with Crippen LogP contribution < -0.4 is 11.1 Å². The molecule has 2 amide bonds. The van der Waals surface area contributed by atoms with Crippen LogP contribution in [0.2, 0.25) is 0 Å². The van der Waals surface area contributed by atoms with Crippen molar-refractivity contribution in [3.05, 3.63) is 40.9 Å². The Labute approximate surface area is 288 Å². The summed E-state index contributed by atoms with van der Waals surface area (Å²) in [5.41, 5.74) is 4.14. The first-order chi connectivity index (χ1) is 23.1. The molecule has 2 fully saturated rings. The number of likely N-dealkylation sites (tertiary alicyclic amines) is 1. The molecular formula is C30H36N7O10S2+. The van der Waals surface area contributed by atoms with E-state index < -0.39 is 57.9 Å². The van der Waals surface area contributed by atoms with E-state index in [4.69, 9.17) is 10.6 Å². The van der Waals surface area contributed by atoms with Crippen LogP contribution in [0.25, 0.3) is 0 Å².